The minimum Gasteiger partial charge on any atom is -0.356 e. The Hall–Kier alpha value is -1.69. The molecule has 0 unspecified atom stereocenters. The van der Waals surface area contributed by atoms with E-state index in [-0.39, 0.29) is 5.91 Å². The van der Waals surface area contributed by atoms with Crippen LogP contribution in [0.15, 0.2) is 18.5 Å². The van der Waals surface area contributed by atoms with E-state index in [1.165, 1.54) is 25.7 Å². The number of hydrogen-bond acceptors (Lipinski definition) is 5. The molecule has 6 nitrogen and oxygen atoms in total. The number of nitrogens with one attached hydrogen (secondary N) is 1. The summed E-state index contributed by atoms with van der Waals surface area (Å²) in [6, 6.07) is 1.85. The lowest BCUT2D eigenvalue weighted by Gasteiger charge is -2.34. The van der Waals surface area contributed by atoms with Gasteiger partial charge in [-0.15, -0.1) is 0 Å². The second kappa shape index (κ2) is 9.70. The van der Waals surface area contributed by atoms with Crippen molar-refractivity contribution in [2.45, 2.75) is 44.9 Å². The number of anilines is 1. The Morgan fingerprint density at radius 1 is 1.12 bits per heavy atom. The molecule has 1 aromatic heterocycles. The van der Waals surface area contributed by atoms with E-state index < -0.39 is 0 Å². The standard InChI is InChI=1S/C19H31N5O/c25-18(8-7-17-5-1-2-6-17)20-11-4-12-23-13-15-24(16-14-23)19-21-9-3-10-22-19/h3,9-10,17H,1-2,4-8,11-16H2,(H,20,25). The average molecular weight is 345 g/mol. The third-order valence-electron chi connectivity index (χ3n) is 5.43. The highest BCUT2D eigenvalue weighted by molar-refractivity contribution is 5.75. The fourth-order valence-electron chi connectivity index (χ4n) is 3.88. The topological polar surface area (TPSA) is 61.4 Å². The SMILES string of the molecule is O=C(CCC1CCCC1)NCCCN1CCN(c2ncccn2)CC1. The molecule has 25 heavy (non-hydrogen) atoms. The summed E-state index contributed by atoms with van der Waals surface area (Å²) in [7, 11) is 0. The largest absolute Gasteiger partial charge is 0.356 e. The Kier molecular flexibility index (Phi) is 7.03. The van der Waals surface area contributed by atoms with Gasteiger partial charge in [-0.1, -0.05) is 25.7 Å². The summed E-state index contributed by atoms with van der Waals surface area (Å²) in [5.41, 5.74) is 0. The monoisotopic (exact) mass is 345 g/mol. The zero-order valence-corrected chi connectivity index (χ0v) is 15.2. The van der Waals surface area contributed by atoms with E-state index in [1.54, 1.807) is 12.4 Å². The molecule has 0 atom stereocenters. The molecule has 1 aliphatic carbocycles. The first-order chi connectivity index (χ1) is 12.3. The molecular weight excluding hydrogens is 314 g/mol. The zero-order chi connectivity index (χ0) is 17.3. The van der Waals surface area contributed by atoms with Gasteiger partial charge in [-0.3, -0.25) is 9.69 Å². The second-order valence-electron chi connectivity index (χ2n) is 7.27. The summed E-state index contributed by atoms with van der Waals surface area (Å²) in [6.45, 7) is 5.86. The van der Waals surface area contributed by atoms with Crippen LogP contribution in [0.25, 0.3) is 0 Å². The van der Waals surface area contributed by atoms with Crippen molar-refractivity contribution in [3.05, 3.63) is 18.5 Å². The van der Waals surface area contributed by atoms with Gasteiger partial charge in [-0.05, 0) is 31.4 Å². The van der Waals surface area contributed by atoms with Crippen LogP contribution >= 0.6 is 0 Å². The predicted octanol–water partition coefficient (Wildman–Crippen LogP) is 2.08. The highest BCUT2D eigenvalue weighted by atomic mass is 16.1. The van der Waals surface area contributed by atoms with Crippen LogP contribution in [0, 0.1) is 5.92 Å². The lowest BCUT2D eigenvalue weighted by Crippen LogP contribution is -2.47. The summed E-state index contributed by atoms with van der Waals surface area (Å²) in [4.78, 5) is 25.2. The molecule has 2 heterocycles. The number of amides is 1. The molecule has 2 fully saturated rings. The molecule has 0 aromatic carbocycles. The first-order valence-electron chi connectivity index (χ1n) is 9.82. The Balaban J connectivity index is 1.23. The van der Waals surface area contributed by atoms with Gasteiger partial charge in [0.05, 0.1) is 0 Å². The van der Waals surface area contributed by atoms with E-state index >= 15 is 0 Å². The molecule has 0 radical (unpaired) electrons. The number of piperazine rings is 1. The zero-order valence-electron chi connectivity index (χ0n) is 15.2. The lowest BCUT2D eigenvalue weighted by molar-refractivity contribution is -0.121. The van der Waals surface area contributed by atoms with Crippen molar-refractivity contribution < 1.29 is 4.79 Å². The first-order valence-corrected chi connectivity index (χ1v) is 9.82. The second-order valence-corrected chi connectivity index (χ2v) is 7.27. The molecular formula is C19H31N5O. The lowest BCUT2D eigenvalue weighted by atomic mass is 10.0. The van der Waals surface area contributed by atoms with Gasteiger partial charge in [-0.25, -0.2) is 9.97 Å². The van der Waals surface area contributed by atoms with Crippen molar-refractivity contribution in [2.75, 3.05) is 44.2 Å². The maximum absolute atomic E-state index is 11.9. The predicted molar refractivity (Wildman–Crippen MR) is 99.5 cm³/mol. The van der Waals surface area contributed by atoms with Gasteiger partial charge in [-0.2, -0.15) is 0 Å². The van der Waals surface area contributed by atoms with Crippen LogP contribution in [-0.2, 0) is 4.79 Å². The van der Waals surface area contributed by atoms with E-state index in [2.05, 4.69) is 25.1 Å². The number of hydrogen-bond donors (Lipinski definition) is 1. The van der Waals surface area contributed by atoms with Gasteiger partial charge >= 0.3 is 0 Å². The van der Waals surface area contributed by atoms with Gasteiger partial charge in [0.1, 0.15) is 0 Å². The molecule has 1 saturated heterocycles. The Labute approximate surface area is 151 Å². The molecule has 1 aliphatic heterocycles. The smallest absolute Gasteiger partial charge is 0.225 e. The molecule has 138 valence electrons. The van der Waals surface area contributed by atoms with Crippen molar-refractivity contribution >= 4 is 11.9 Å². The quantitative estimate of drug-likeness (QED) is 0.731. The highest BCUT2D eigenvalue weighted by Gasteiger charge is 2.18. The third-order valence-corrected chi connectivity index (χ3v) is 5.43. The minimum absolute atomic E-state index is 0.234. The summed E-state index contributed by atoms with van der Waals surface area (Å²) < 4.78 is 0. The number of carbonyl (C=O) groups excluding carboxylic acids is 1. The van der Waals surface area contributed by atoms with E-state index in [9.17, 15) is 4.79 Å². The number of rotatable bonds is 8. The van der Waals surface area contributed by atoms with Crippen molar-refractivity contribution in [1.29, 1.82) is 0 Å². The average Bonchev–Trinajstić information content (AvgIpc) is 3.18. The van der Waals surface area contributed by atoms with E-state index in [0.29, 0.717) is 6.42 Å². The number of nitrogens with zero attached hydrogens (tertiary/aromatic N) is 4. The maximum Gasteiger partial charge on any atom is 0.225 e. The molecule has 2 aliphatic rings. The Morgan fingerprint density at radius 3 is 2.56 bits per heavy atom. The van der Waals surface area contributed by atoms with Crippen LogP contribution in [0.2, 0.25) is 0 Å². The summed E-state index contributed by atoms with van der Waals surface area (Å²) >= 11 is 0. The van der Waals surface area contributed by atoms with Gasteiger partial charge in [0.2, 0.25) is 11.9 Å². The molecule has 0 spiro atoms. The molecule has 1 saturated carbocycles. The molecule has 0 bridgehead atoms. The van der Waals surface area contributed by atoms with E-state index in [1.807, 2.05) is 6.07 Å². The number of aromatic nitrogens is 2. The minimum atomic E-state index is 0.234. The van der Waals surface area contributed by atoms with Crippen LogP contribution in [0.5, 0.6) is 0 Å². The van der Waals surface area contributed by atoms with Crippen molar-refractivity contribution in [2.24, 2.45) is 5.92 Å². The van der Waals surface area contributed by atoms with Crippen LogP contribution < -0.4 is 10.2 Å². The molecule has 3 rings (SSSR count). The summed E-state index contributed by atoms with van der Waals surface area (Å²) in [6.07, 6.45) is 11.8. The molecule has 1 amide bonds. The van der Waals surface area contributed by atoms with Gasteiger partial charge in [0, 0.05) is 51.5 Å². The fourth-order valence-corrected chi connectivity index (χ4v) is 3.88. The fraction of sp³-hybridized carbons (Fsp3) is 0.737. The summed E-state index contributed by atoms with van der Waals surface area (Å²) in [5.74, 6) is 1.87. The van der Waals surface area contributed by atoms with E-state index in [0.717, 1.165) is 64.0 Å². The maximum atomic E-state index is 11.9. The van der Waals surface area contributed by atoms with Gasteiger partial charge in [0.25, 0.3) is 0 Å². The van der Waals surface area contributed by atoms with Gasteiger partial charge < -0.3 is 10.2 Å². The van der Waals surface area contributed by atoms with Crippen LogP contribution in [-0.4, -0.2) is 60.0 Å². The summed E-state index contributed by atoms with van der Waals surface area (Å²) in [5, 5.41) is 3.08. The van der Waals surface area contributed by atoms with Crippen LogP contribution in [0.1, 0.15) is 44.9 Å². The van der Waals surface area contributed by atoms with Crippen molar-refractivity contribution in [1.82, 2.24) is 20.2 Å². The molecule has 1 N–H and O–H groups in total. The Bertz CT molecular complexity index is 510. The Morgan fingerprint density at radius 2 is 1.84 bits per heavy atom. The van der Waals surface area contributed by atoms with Crippen LogP contribution in [0.4, 0.5) is 5.95 Å². The normalized spacial score (nSPS) is 19.3. The third kappa shape index (κ3) is 5.96. The van der Waals surface area contributed by atoms with Gasteiger partial charge in [0.15, 0.2) is 0 Å². The highest BCUT2D eigenvalue weighted by Crippen LogP contribution is 2.28. The molecule has 6 heteroatoms. The first kappa shape index (κ1) is 18.1. The van der Waals surface area contributed by atoms with Crippen molar-refractivity contribution in [3.8, 4) is 0 Å². The van der Waals surface area contributed by atoms with Crippen molar-refractivity contribution in [3.63, 3.8) is 0 Å². The van der Waals surface area contributed by atoms with Crippen LogP contribution in [0.3, 0.4) is 0 Å². The number of carbonyl (C=O) groups is 1. The molecule has 1 aromatic rings. The van der Waals surface area contributed by atoms with E-state index in [4.69, 9.17) is 0 Å².